The molecule has 4 rings (SSSR count). The van der Waals surface area contributed by atoms with E-state index in [-0.39, 0.29) is 38.1 Å². The summed E-state index contributed by atoms with van der Waals surface area (Å²) in [4.78, 5) is 42.2. The molecule has 4 aromatic rings. The SMILES string of the molecule is CN(C)C(=O)c1ccc(NC(=O)CCOCCOc2ncnc3c2cnn3-c2ncccc2Cl)nc1. The Morgan fingerprint density at radius 1 is 1.06 bits per heavy atom. The lowest BCUT2D eigenvalue weighted by Gasteiger charge is -2.10. The lowest BCUT2D eigenvalue weighted by Crippen LogP contribution is -2.22. The van der Waals surface area contributed by atoms with Gasteiger partial charge in [-0.15, -0.1) is 0 Å². The van der Waals surface area contributed by atoms with Gasteiger partial charge in [0.15, 0.2) is 11.5 Å². The topological polar surface area (TPSA) is 137 Å². The third kappa shape index (κ3) is 5.90. The second-order valence-electron chi connectivity index (χ2n) is 7.67. The second kappa shape index (κ2) is 11.5. The highest BCUT2D eigenvalue weighted by atomic mass is 35.5. The molecular formula is C23H23ClN8O4. The van der Waals surface area contributed by atoms with Crippen molar-refractivity contribution in [1.82, 2.24) is 34.6 Å². The van der Waals surface area contributed by atoms with Gasteiger partial charge in [0.2, 0.25) is 11.8 Å². The zero-order chi connectivity index (χ0) is 25.5. The minimum atomic E-state index is -0.256. The third-order valence-corrected chi connectivity index (χ3v) is 5.19. The Bertz CT molecular complexity index is 1360. The Morgan fingerprint density at radius 2 is 1.92 bits per heavy atom. The number of anilines is 1. The second-order valence-corrected chi connectivity index (χ2v) is 8.08. The Balaban J connectivity index is 1.22. The maximum atomic E-state index is 12.1. The van der Waals surface area contributed by atoms with Crippen LogP contribution in [-0.4, -0.2) is 80.3 Å². The van der Waals surface area contributed by atoms with Crippen LogP contribution in [-0.2, 0) is 9.53 Å². The Morgan fingerprint density at radius 3 is 2.67 bits per heavy atom. The van der Waals surface area contributed by atoms with E-state index >= 15 is 0 Å². The van der Waals surface area contributed by atoms with Crippen molar-refractivity contribution in [3.63, 3.8) is 0 Å². The number of fused-ring (bicyclic) bond motifs is 1. The van der Waals surface area contributed by atoms with E-state index in [4.69, 9.17) is 21.1 Å². The summed E-state index contributed by atoms with van der Waals surface area (Å²) in [6, 6.07) is 6.63. The molecule has 13 heteroatoms. The van der Waals surface area contributed by atoms with Crippen LogP contribution in [0.4, 0.5) is 5.82 Å². The number of pyridine rings is 2. The van der Waals surface area contributed by atoms with Crippen molar-refractivity contribution in [1.29, 1.82) is 0 Å². The molecule has 0 aliphatic carbocycles. The minimum Gasteiger partial charge on any atom is -0.475 e. The van der Waals surface area contributed by atoms with Crippen molar-refractivity contribution < 1.29 is 19.1 Å². The molecule has 36 heavy (non-hydrogen) atoms. The van der Waals surface area contributed by atoms with Gasteiger partial charge in [-0.1, -0.05) is 11.6 Å². The molecule has 4 heterocycles. The molecule has 0 bridgehead atoms. The molecule has 0 aromatic carbocycles. The van der Waals surface area contributed by atoms with Crippen molar-refractivity contribution in [2.24, 2.45) is 0 Å². The summed E-state index contributed by atoms with van der Waals surface area (Å²) in [5, 5.41) is 8.01. The summed E-state index contributed by atoms with van der Waals surface area (Å²) >= 11 is 6.22. The summed E-state index contributed by atoms with van der Waals surface area (Å²) in [5.41, 5.74) is 0.945. The quantitative estimate of drug-likeness (QED) is 0.319. The van der Waals surface area contributed by atoms with Crippen molar-refractivity contribution in [2.75, 3.05) is 39.2 Å². The first-order valence-corrected chi connectivity index (χ1v) is 11.3. The molecule has 0 saturated heterocycles. The molecule has 0 unspecified atom stereocenters. The Labute approximate surface area is 211 Å². The summed E-state index contributed by atoms with van der Waals surface area (Å²) in [6.45, 7) is 0.659. The molecule has 0 radical (unpaired) electrons. The molecule has 0 atom stereocenters. The maximum Gasteiger partial charge on any atom is 0.254 e. The number of rotatable bonds is 10. The fourth-order valence-electron chi connectivity index (χ4n) is 3.15. The molecule has 1 N–H and O–H groups in total. The fourth-order valence-corrected chi connectivity index (χ4v) is 3.35. The average molecular weight is 511 g/mol. The zero-order valence-corrected chi connectivity index (χ0v) is 20.3. The van der Waals surface area contributed by atoms with Crippen molar-refractivity contribution >= 4 is 40.3 Å². The molecule has 186 valence electrons. The van der Waals surface area contributed by atoms with Gasteiger partial charge in [-0.2, -0.15) is 9.78 Å². The number of hydrogen-bond donors (Lipinski definition) is 1. The lowest BCUT2D eigenvalue weighted by molar-refractivity contribution is -0.117. The lowest BCUT2D eigenvalue weighted by atomic mass is 10.2. The zero-order valence-electron chi connectivity index (χ0n) is 19.6. The number of nitrogens with one attached hydrogen (secondary N) is 1. The Kier molecular flexibility index (Phi) is 7.98. The van der Waals surface area contributed by atoms with Crippen molar-refractivity contribution in [3.8, 4) is 11.7 Å². The van der Waals surface area contributed by atoms with E-state index in [1.54, 1.807) is 50.8 Å². The van der Waals surface area contributed by atoms with E-state index in [0.717, 1.165) is 0 Å². The van der Waals surface area contributed by atoms with Crippen LogP contribution in [0.25, 0.3) is 16.9 Å². The van der Waals surface area contributed by atoms with E-state index in [2.05, 4.69) is 30.4 Å². The highest BCUT2D eigenvalue weighted by molar-refractivity contribution is 6.32. The Hall–Kier alpha value is -4.16. The number of hydrogen-bond acceptors (Lipinski definition) is 9. The van der Waals surface area contributed by atoms with Gasteiger partial charge in [-0.05, 0) is 24.3 Å². The van der Waals surface area contributed by atoms with Crippen LogP contribution in [0.15, 0.2) is 49.2 Å². The fraction of sp³-hybridized carbons (Fsp3) is 0.261. The standard InChI is InChI=1S/C23H23ClN8O4/c1-31(2)23(34)15-5-6-18(26-12-15)30-19(33)7-9-35-10-11-36-22-16-13-29-32(20(16)27-14-28-22)21-17(24)4-3-8-25-21/h3-6,8,12-14H,7,9-11H2,1-2H3,(H,26,30,33). The number of aromatic nitrogens is 6. The maximum absolute atomic E-state index is 12.1. The van der Waals surface area contributed by atoms with Gasteiger partial charge in [0, 0.05) is 26.5 Å². The van der Waals surface area contributed by atoms with Crippen LogP contribution in [0, 0.1) is 0 Å². The summed E-state index contributed by atoms with van der Waals surface area (Å²) in [6.07, 6.45) is 6.12. The smallest absolute Gasteiger partial charge is 0.254 e. The van der Waals surface area contributed by atoms with Crippen LogP contribution >= 0.6 is 11.6 Å². The average Bonchev–Trinajstić information content (AvgIpc) is 3.31. The number of halogens is 1. The monoisotopic (exact) mass is 510 g/mol. The normalized spacial score (nSPS) is 10.9. The van der Waals surface area contributed by atoms with Gasteiger partial charge in [0.25, 0.3) is 5.91 Å². The van der Waals surface area contributed by atoms with Crippen LogP contribution in [0.2, 0.25) is 5.02 Å². The largest absolute Gasteiger partial charge is 0.475 e. The van der Waals surface area contributed by atoms with Gasteiger partial charge >= 0.3 is 0 Å². The van der Waals surface area contributed by atoms with Gasteiger partial charge < -0.3 is 19.7 Å². The molecule has 4 aromatic heterocycles. The van der Waals surface area contributed by atoms with Gasteiger partial charge in [0.05, 0.1) is 36.4 Å². The first-order valence-electron chi connectivity index (χ1n) is 10.9. The van der Waals surface area contributed by atoms with Crippen LogP contribution in [0.1, 0.15) is 16.8 Å². The summed E-state index contributed by atoms with van der Waals surface area (Å²) in [7, 11) is 3.32. The molecule has 2 amide bonds. The predicted octanol–water partition coefficient (Wildman–Crippen LogP) is 2.38. The van der Waals surface area contributed by atoms with Gasteiger partial charge in [-0.3, -0.25) is 9.59 Å². The van der Waals surface area contributed by atoms with E-state index in [9.17, 15) is 9.59 Å². The highest BCUT2D eigenvalue weighted by Gasteiger charge is 2.15. The van der Waals surface area contributed by atoms with Gasteiger partial charge in [-0.25, -0.2) is 19.9 Å². The number of carbonyl (C=O) groups is 2. The number of ether oxygens (including phenoxy) is 2. The number of amides is 2. The van der Waals surface area contributed by atoms with Crippen LogP contribution < -0.4 is 10.1 Å². The number of carbonyl (C=O) groups excluding carboxylic acids is 2. The van der Waals surface area contributed by atoms with Crippen molar-refractivity contribution in [2.45, 2.75) is 6.42 Å². The molecule has 12 nitrogen and oxygen atoms in total. The van der Waals surface area contributed by atoms with Crippen LogP contribution in [0.3, 0.4) is 0 Å². The third-order valence-electron chi connectivity index (χ3n) is 4.89. The molecule has 0 aliphatic heterocycles. The van der Waals surface area contributed by atoms with Crippen molar-refractivity contribution in [3.05, 3.63) is 59.8 Å². The predicted molar refractivity (Wildman–Crippen MR) is 131 cm³/mol. The van der Waals surface area contributed by atoms with E-state index in [1.165, 1.54) is 22.1 Å². The first kappa shape index (κ1) is 24.9. The van der Waals surface area contributed by atoms with Gasteiger partial charge in [0.1, 0.15) is 24.1 Å². The molecule has 0 saturated carbocycles. The minimum absolute atomic E-state index is 0.134. The number of nitrogens with zero attached hydrogens (tertiary/aromatic N) is 7. The first-order chi connectivity index (χ1) is 17.4. The van der Waals surface area contributed by atoms with Crippen LogP contribution in [0.5, 0.6) is 5.88 Å². The summed E-state index contributed by atoms with van der Waals surface area (Å²) < 4.78 is 12.7. The molecule has 0 spiro atoms. The molecular weight excluding hydrogens is 488 g/mol. The van der Waals surface area contributed by atoms with E-state index in [1.807, 2.05) is 0 Å². The molecule has 0 aliphatic rings. The van der Waals surface area contributed by atoms with E-state index < -0.39 is 0 Å². The molecule has 0 fully saturated rings. The summed E-state index contributed by atoms with van der Waals surface area (Å²) in [5.74, 6) is 0.743. The highest BCUT2D eigenvalue weighted by Crippen LogP contribution is 2.25. The van der Waals surface area contributed by atoms with E-state index in [0.29, 0.717) is 39.1 Å².